The van der Waals surface area contributed by atoms with Gasteiger partial charge in [0.2, 0.25) is 11.8 Å². The summed E-state index contributed by atoms with van der Waals surface area (Å²) in [6, 6.07) is 10.2. The number of carboxylic acid groups (broad SMARTS) is 1. The highest BCUT2D eigenvalue weighted by molar-refractivity contribution is 7.92. The monoisotopic (exact) mass is 528 g/mol. The van der Waals surface area contributed by atoms with Crippen LogP contribution in [0, 0.1) is 20.8 Å². The Labute approximate surface area is 216 Å². The Balaban J connectivity index is 2.07. The fraction of sp³-hybridized carbons (Fsp3) is 0.346. The van der Waals surface area contributed by atoms with Gasteiger partial charge in [-0.25, -0.2) is 22.9 Å². The Morgan fingerprint density at radius 2 is 1.73 bits per heavy atom. The highest BCUT2D eigenvalue weighted by Crippen LogP contribution is 2.33. The van der Waals surface area contributed by atoms with Crippen molar-refractivity contribution in [1.29, 1.82) is 0 Å². The molecule has 0 radical (unpaired) electrons. The van der Waals surface area contributed by atoms with E-state index in [2.05, 4.69) is 14.7 Å². The van der Waals surface area contributed by atoms with Crippen molar-refractivity contribution in [3.63, 3.8) is 0 Å². The zero-order chi connectivity index (χ0) is 27.5. The molecule has 0 unspecified atom stereocenters. The second-order valence-electron chi connectivity index (χ2n) is 9.62. The standard InChI is InChI=1S/C26H32N4O6S/c1-15-8-6-9-16(2)21(15)22-17(3)23(36-14-19(27)13-26(4,5)33)29-25(28-22)30-37(34,35)20-11-7-10-18(12-20)24(31)32/h6-12,19,33H,13-14,27H2,1-5H3,(H,31,32)(H,28,29,30)/t19-/m1/s1. The second-order valence-corrected chi connectivity index (χ2v) is 11.3. The fourth-order valence-corrected chi connectivity index (χ4v) is 4.96. The minimum atomic E-state index is -4.23. The van der Waals surface area contributed by atoms with Crippen LogP contribution in [-0.4, -0.2) is 52.8 Å². The Kier molecular flexibility index (Phi) is 8.21. The summed E-state index contributed by atoms with van der Waals surface area (Å²) in [6.45, 7) is 8.94. The number of hydrogen-bond acceptors (Lipinski definition) is 8. The van der Waals surface area contributed by atoms with Gasteiger partial charge in [0.1, 0.15) is 6.61 Å². The lowest BCUT2D eigenvalue weighted by molar-refractivity contribution is 0.0570. The number of nitrogens with zero attached hydrogens (tertiary/aromatic N) is 2. The van der Waals surface area contributed by atoms with E-state index in [-0.39, 0.29) is 35.3 Å². The van der Waals surface area contributed by atoms with Crippen molar-refractivity contribution in [2.45, 2.75) is 57.6 Å². The second kappa shape index (κ2) is 10.8. The first-order valence-corrected chi connectivity index (χ1v) is 13.1. The Bertz CT molecular complexity index is 1400. The number of rotatable bonds is 10. The molecule has 11 heteroatoms. The average Bonchev–Trinajstić information content (AvgIpc) is 2.78. The lowest BCUT2D eigenvalue weighted by Crippen LogP contribution is -2.36. The molecule has 198 valence electrons. The number of nitrogens with two attached hydrogens (primary N) is 1. The third-order valence-electron chi connectivity index (χ3n) is 5.63. The number of aromatic nitrogens is 2. The van der Waals surface area contributed by atoms with Crippen molar-refractivity contribution in [2.75, 3.05) is 11.3 Å². The number of nitrogens with one attached hydrogen (secondary N) is 1. The molecular formula is C26H32N4O6S. The largest absolute Gasteiger partial charge is 0.478 e. The molecule has 0 aliphatic carbocycles. The van der Waals surface area contributed by atoms with Gasteiger partial charge in [0.15, 0.2) is 0 Å². The van der Waals surface area contributed by atoms with Gasteiger partial charge in [0.05, 0.1) is 21.8 Å². The van der Waals surface area contributed by atoms with E-state index in [4.69, 9.17) is 10.5 Å². The molecule has 0 aliphatic rings. The molecule has 3 rings (SSSR count). The molecule has 1 atom stereocenters. The maximum atomic E-state index is 13.1. The molecular weight excluding hydrogens is 496 g/mol. The smallest absolute Gasteiger partial charge is 0.335 e. The SMILES string of the molecule is Cc1cccc(C)c1-c1nc(NS(=O)(=O)c2cccc(C(=O)O)c2)nc(OC[C@H](N)CC(C)(C)O)c1C. The molecule has 10 nitrogen and oxygen atoms in total. The van der Waals surface area contributed by atoms with E-state index >= 15 is 0 Å². The predicted octanol–water partition coefficient (Wildman–Crippen LogP) is 3.43. The van der Waals surface area contributed by atoms with Gasteiger partial charge < -0.3 is 20.7 Å². The van der Waals surface area contributed by atoms with Crippen LogP contribution in [0.1, 0.15) is 47.3 Å². The minimum Gasteiger partial charge on any atom is -0.478 e. The van der Waals surface area contributed by atoms with Gasteiger partial charge in [-0.2, -0.15) is 4.98 Å². The van der Waals surface area contributed by atoms with Gasteiger partial charge in [0.25, 0.3) is 10.0 Å². The lowest BCUT2D eigenvalue weighted by atomic mass is 9.97. The molecule has 5 N–H and O–H groups in total. The van der Waals surface area contributed by atoms with E-state index in [1.165, 1.54) is 18.2 Å². The average molecular weight is 529 g/mol. The Hall–Kier alpha value is -3.54. The van der Waals surface area contributed by atoms with Crippen molar-refractivity contribution in [1.82, 2.24) is 9.97 Å². The third-order valence-corrected chi connectivity index (χ3v) is 6.96. The van der Waals surface area contributed by atoms with Gasteiger partial charge in [-0.05, 0) is 70.4 Å². The minimum absolute atomic E-state index is 0.0287. The summed E-state index contributed by atoms with van der Waals surface area (Å²) in [5, 5.41) is 19.3. The first kappa shape index (κ1) is 28.0. The zero-order valence-corrected chi connectivity index (χ0v) is 22.3. The van der Waals surface area contributed by atoms with Crippen LogP contribution >= 0.6 is 0 Å². The van der Waals surface area contributed by atoms with Crippen LogP contribution in [0.5, 0.6) is 5.88 Å². The summed E-state index contributed by atoms with van der Waals surface area (Å²) in [6.07, 6.45) is 0.278. The molecule has 0 saturated heterocycles. The van der Waals surface area contributed by atoms with Crippen LogP contribution in [0.15, 0.2) is 47.4 Å². The van der Waals surface area contributed by atoms with Crippen LogP contribution < -0.4 is 15.2 Å². The van der Waals surface area contributed by atoms with Gasteiger partial charge >= 0.3 is 5.97 Å². The number of carbonyl (C=O) groups is 1. The molecule has 2 aromatic carbocycles. The van der Waals surface area contributed by atoms with Crippen LogP contribution in [0.25, 0.3) is 11.3 Å². The summed E-state index contributed by atoms with van der Waals surface area (Å²) in [5.41, 5.74) is 8.69. The van der Waals surface area contributed by atoms with Crippen molar-refractivity contribution in [3.8, 4) is 17.1 Å². The lowest BCUT2D eigenvalue weighted by Gasteiger charge is -2.23. The number of anilines is 1. The number of carboxylic acids is 1. The van der Waals surface area contributed by atoms with E-state index < -0.39 is 27.6 Å². The Morgan fingerprint density at radius 1 is 1.11 bits per heavy atom. The first-order valence-electron chi connectivity index (χ1n) is 11.6. The molecule has 1 aromatic heterocycles. The third kappa shape index (κ3) is 7.03. The van der Waals surface area contributed by atoms with Gasteiger partial charge in [-0.1, -0.05) is 24.3 Å². The van der Waals surface area contributed by atoms with Crippen molar-refractivity contribution in [3.05, 3.63) is 64.7 Å². The van der Waals surface area contributed by atoms with E-state index in [1.807, 2.05) is 32.0 Å². The zero-order valence-electron chi connectivity index (χ0n) is 21.4. The predicted molar refractivity (Wildman–Crippen MR) is 140 cm³/mol. The van der Waals surface area contributed by atoms with Crippen molar-refractivity contribution < 1.29 is 28.2 Å². The molecule has 0 amide bonds. The number of hydrogen-bond donors (Lipinski definition) is 4. The van der Waals surface area contributed by atoms with Crippen LogP contribution in [0.2, 0.25) is 0 Å². The van der Waals surface area contributed by atoms with E-state index in [0.29, 0.717) is 11.3 Å². The summed E-state index contributed by atoms with van der Waals surface area (Å²) >= 11 is 0. The molecule has 0 spiro atoms. The van der Waals surface area contributed by atoms with E-state index in [9.17, 15) is 23.4 Å². The number of benzene rings is 2. The quantitative estimate of drug-likeness (QED) is 0.308. The summed E-state index contributed by atoms with van der Waals surface area (Å²) in [5.74, 6) is -1.36. The fourth-order valence-electron chi connectivity index (χ4n) is 3.98. The number of ether oxygens (including phenoxy) is 1. The molecule has 0 saturated carbocycles. The first-order chi connectivity index (χ1) is 17.2. The maximum absolute atomic E-state index is 13.1. The number of sulfonamides is 1. The van der Waals surface area contributed by atoms with E-state index in [1.54, 1.807) is 20.8 Å². The highest BCUT2D eigenvalue weighted by atomic mass is 32.2. The van der Waals surface area contributed by atoms with Crippen molar-refractivity contribution in [2.24, 2.45) is 5.73 Å². The summed E-state index contributed by atoms with van der Waals surface area (Å²) < 4.78 is 34.5. The number of aliphatic hydroxyl groups is 1. The molecule has 0 aliphatic heterocycles. The van der Waals surface area contributed by atoms with Crippen LogP contribution in [0.3, 0.4) is 0 Å². The molecule has 0 bridgehead atoms. The highest BCUT2D eigenvalue weighted by Gasteiger charge is 2.23. The van der Waals surface area contributed by atoms with Gasteiger partial charge in [0, 0.05) is 17.2 Å². The normalized spacial score (nSPS) is 12.7. The number of aryl methyl sites for hydroxylation is 2. The maximum Gasteiger partial charge on any atom is 0.335 e. The van der Waals surface area contributed by atoms with Crippen LogP contribution in [-0.2, 0) is 10.0 Å². The van der Waals surface area contributed by atoms with Gasteiger partial charge in [-0.3, -0.25) is 0 Å². The molecule has 3 aromatic rings. The van der Waals surface area contributed by atoms with E-state index in [0.717, 1.165) is 22.8 Å². The number of aromatic carboxylic acids is 1. The Morgan fingerprint density at radius 3 is 2.32 bits per heavy atom. The molecule has 0 fully saturated rings. The summed E-state index contributed by atoms with van der Waals surface area (Å²) in [7, 11) is -4.23. The molecule has 1 heterocycles. The summed E-state index contributed by atoms with van der Waals surface area (Å²) in [4.78, 5) is 19.9. The topological polar surface area (TPSA) is 165 Å². The van der Waals surface area contributed by atoms with Crippen LogP contribution in [0.4, 0.5) is 5.95 Å². The molecule has 37 heavy (non-hydrogen) atoms. The van der Waals surface area contributed by atoms with Gasteiger partial charge in [-0.15, -0.1) is 0 Å². The van der Waals surface area contributed by atoms with Crippen molar-refractivity contribution >= 4 is 21.9 Å².